The second kappa shape index (κ2) is 4.25. The molecule has 2 rings (SSSR count). The largest absolute Gasteiger partial charge is 0.465 e. The van der Waals surface area contributed by atoms with E-state index < -0.39 is 11.7 Å². The molecule has 6 nitrogen and oxygen atoms in total. The smallest absolute Gasteiger partial charge is 0.441 e. The van der Waals surface area contributed by atoms with Crippen LogP contribution in [0.25, 0.3) is 5.69 Å². The highest BCUT2D eigenvalue weighted by Gasteiger charge is 2.08. The molecular formula is C11H10N2O4. The van der Waals surface area contributed by atoms with Crippen LogP contribution < -0.4 is 5.76 Å². The summed E-state index contributed by atoms with van der Waals surface area (Å²) in [5, 5.41) is 3.90. The Kier molecular flexibility index (Phi) is 2.78. The van der Waals surface area contributed by atoms with Gasteiger partial charge in [-0.3, -0.25) is 0 Å². The van der Waals surface area contributed by atoms with Gasteiger partial charge in [-0.15, -0.1) is 5.10 Å². The number of ether oxygens (including phenoxy) is 1. The Bertz CT molecular complexity index is 595. The van der Waals surface area contributed by atoms with E-state index in [1.54, 1.807) is 31.2 Å². The molecule has 0 aliphatic heterocycles. The zero-order valence-electron chi connectivity index (χ0n) is 9.34. The summed E-state index contributed by atoms with van der Waals surface area (Å²) in [6, 6.07) is 6.29. The molecule has 0 aliphatic carbocycles. The first kappa shape index (κ1) is 11.1. The Morgan fingerprint density at radius 2 is 2.00 bits per heavy atom. The molecule has 0 saturated heterocycles. The van der Waals surface area contributed by atoms with Crippen molar-refractivity contribution < 1.29 is 13.9 Å². The van der Waals surface area contributed by atoms with Crippen molar-refractivity contribution in [3.63, 3.8) is 0 Å². The van der Waals surface area contributed by atoms with Gasteiger partial charge in [0.1, 0.15) is 0 Å². The molecule has 0 radical (unpaired) electrons. The predicted molar refractivity (Wildman–Crippen MR) is 58.2 cm³/mol. The SMILES string of the molecule is COC(=O)c1ccc(-n2nc(C)oc2=O)cc1. The molecule has 0 spiro atoms. The van der Waals surface area contributed by atoms with Gasteiger partial charge in [-0.1, -0.05) is 0 Å². The van der Waals surface area contributed by atoms with Crippen LogP contribution >= 0.6 is 0 Å². The maximum absolute atomic E-state index is 11.4. The highest BCUT2D eigenvalue weighted by atomic mass is 16.5. The normalized spacial score (nSPS) is 10.2. The zero-order valence-corrected chi connectivity index (χ0v) is 9.34. The number of hydrogen-bond acceptors (Lipinski definition) is 5. The molecule has 0 N–H and O–H groups in total. The minimum atomic E-state index is -0.562. The summed E-state index contributed by atoms with van der Waals surface area (Å²) in [5.74, 6) is -0.708. The zero-order chi connectivity index (χ0) is 12.4. The quantitative estimate of drug-likeness (QED) is 0.722. The Hall–Kier alpha value is -2.37. The molecule has 0 unspecified atom stereocenters. The van der Waals surface area contributed by atoms with E-state index in [-0.39, 0.29) is 5.89 Å². The number of methoxy groups -OCH3 is 1. The summed E-state index contributed by atoms with van der Waals surface area (Å²) in [4.78, 5) is 22.6. The monoisotopic (exact) mass is 234 g/mol. The number of hydrogen-bond donors (Lipinski definition) is 0. The number of aryl methyl sites for hydroxylation is 1. The summed E-state index contributed by atoms with van der Waals surface area (Å²) >= 11 is 0. The van der Waals surface area contributed by atoms with Gasteiger partial charge in [-0.2, -0.15) is 4.68 Å². The molecule has 1 aromatic carbocycles. The number of carbonyl (C=O) groups excluding carboxylic acids is 1. The molecule has 0 atom stereocenters. The molecule has 0 amide bonds. The molecule has 0 fully saturated rings. The van der Waals surface area contributed by atoms with Crippen LogP contribution in [0, 0.1) is 6.92 Å². The van der Waals surface area contributed by atoms with Crippen LogP contribution in [0.1, 0.15) is 16.2 Å². The van der Waals surface area contributed by atoms with Gasteiger partial charge in [-0.05, 0) is 24.3 Å². The van der Waals surface area contributed by atoms with Crippen LogP contribution in [-0.2, 0) is 4.74 Å². The fraction of sp³-hybridized carbons (Fsp3) is 0.182. The van der Waals surface area contributed by atoms with Crippen LogP contribution in [0.5, 0.6) is 0 Å². The van der Waals surface area contributed by atoms with Gasteiger partial charge in [0.15, 0.2) is 0 Å². The van der Waals surface area contributed by atoms with Gasteiger partial charge in [0.05, 0.1) is 18.4 Å². The summed E-state index contributed by atoms with van der Waals surface area (Å²) in [5.41, 5.74) is 0.934. The third kappa shape index (κ3) is 2.10. The van der Waals surface area contributed by atoms with Gasteiger partial charge in [0.25, 0.3) is 0 Å². The first-order chi connectivity index (χ1) is 8.11. The van der Waals surface area contributed by atoms with Gasteiger partial charge in [0.2, 0.25) is 5.89 Å². The first-order valence-electron chi connectivity index (χ1n) is 4.87. The Morgan fingerprint density at radius 3 is 2.47 bits per heavy atom. The van der Waals surface area contributed by atoms with Gasteiger partial charge >= 0.3 is 11.7 Å². The maximum Gasteiger partial charge on any atom is 0.441 e. The predicted octanol–water partition coefficient (Wildman–Crippen LogP) is 0.921. The van der Waals surface area contributed by atoms with Crippen LogP contribution in [0.3, 0.4) is 0 Å². The van der Waals surface area contributed by atoms with E-state index in [0.29, 0.717) is 11.3 Å². The molecule has 17 heavy (non-hydrogen) atoms. The third-order valence-electron chi connectivity index (χ3n) is 2.18. The van der Waals surface area contributed by atoms with Crippen molar-refractivity contribution in [1.82, 2.24) is 9.78 Å². The second-order valence-electron chi connectivity index (χ2n) is 3.34. The van der Waals surface area contributed by atoms with E-state index in [9.17, 15) is 9.59 Å². The standard InChI is InChI=1S/C11H10N2O4/c1-7-12-13(11(15)17-7)9-5-3-8(4-6-9)10(14)16-2/h3-6H,1-2H3. The molecule has 0 bridgehead atoms. The third-order valence-corrected chi connectivity index (χ3v) is 2.18. The lowest BCUT2D eigenvalue weighted by Gasteiger charge is -2.00. The minimum Gasteiger partial charge on any atom is -0.465 e. The van der Waals surface area contributed by atoms with Gasteiger partial charge in [-0.25, -0.2) is 9.59 Å². The highest BCUT2D eigenvalue weighted by molar-refractivity contribution is 5.89. The first-order valence-corrected chi connectivity index (χ1v) is 4.87. The van der Waals surface area contributed by atoms with Crippen LogP contribution in [0.4, 0.5) is 0 Å². The van der Waals surface area contributed by atoms with E-state index in [1.807, 2.05) is 0 Å². The van der Waals surface area contributed by atoms with Gasteiger partial charge < -0.3 is 9.15 Å². The van der Waals surface area contributed by atoms with Crippen LogP contribution in [-0.4, -0.2) is 22.9 Å². The van der Waals surface area contributed by atoms with Gasteiger partial charge in [0, 0.05) is 6.92 Å². The number of benzene rings is 1. The number of rotatable bonds is 2. The maximum atomic E-state index is 11.4. The molecule has 0 aliphatic rings. The van der Waals surface area contributed by atoms with E-state index in [1.165, 1.54) is 7.11 Å². The van der Waals surface area contributed by atoms with E-state index in [0.717, 1.165) is 4.68 Å². The topological polar surface area (TPSA) is 74.3 Å². The van der Waals surface area contributed by atoms with Crippen molar-refractivity contribution in [1.29, 1.82) is 0 Å². The number of esters is 1. The van der Waals surface area contributed by atoms with Crippen molar-refractivity contribution in [3.05, 3.63) is 46.3 Å². The summed E-state index contributed by atoms with van der Waals surface area (Å²) in [7, 11) is 1.31. The molecule has 6 heteroatoms. The second-order valence-corrected chi connectivity index (χ2v) is 3.34. The molecule has 1 aromatic heterocycles. The lowest BCUT2D eigenvalue weighted by molar-refractivity contribution is 0.0601. The lowest BCUT2D eigenvalue weighted by atomic mass is 10.2. The van der Waals surface area contributed by atoms with E-state index in [2.05, 4.69) is 9.84 Å². The Morgan fingerprint density at radius 1 is 1.35 bits per heavy atom. The van der Waals surface area contributed by atoms with Crippen molar-refractivity contribution in [2.45, 2.75) is 6.92 Å². The fourth-order valence-corrected chi connectivity index (χ4v) is 1.39. The lowest BCUT2D eigenvalue weighted by Crippen LogP contribution is -2.13. The van der Waals surface area contributed by atoms with E-state index >= 15 is 0 Å². The average Bonchev–Trinajstić information content (AvgIpc) is 2.68. The average molecular weight is 234 g/mol. The Balaban J connectivity index is 2.39. The molecule has 0 saturated carbocycles. The number of nitrogens with zero attached hydrogens (tertiary/aromatic N) is 2. The summed E-state index contributed by atoms with van der Waals surface area (Å²) in [6.45, 7) is 1.58. The van der Waals surface area contributed by atoms with Crippen LogP contribution in [0.15, 0.2) is 33.5 Å². The molecular weight excluding hydrogens is 224 g/mol. The minimum absolute atomic E-state index is 0.284. The summed E-state index contributed by atoms with van der Waals surface area (Å²) < 4.78 is 10.5. The van der Waals surface area contributed by atoms with Crippen molar-refractivity contribution >= 4 is 5.97 Å². The fourth-order valence-electron chi connectivity index (χ4n) is 1.39. The molecule has 1 heterocycles. The van der Waals surface area contributed by atoms with Crippen molar-refractivity contribution in [2.24, 2.45) is 0 Å². The highest BCUT2D eigenvalue weighted by Crippen LogP contribution is 2.08. The van der Waals surface area contributed by atoms with Crippen molar-refractivity contribution in [3.8, 4) is 5.69 Å². The van der Waals surface area contributed by atoms with Crippen LogP contribution in [0.2, 0.25) is 0 Å². The Labute approximate surface area is 96.4 Å². The molecule has 88 valence electrons. The summed E-state index contributed by atoms with van der Waals surface area (Å²) in [6.07, 6.45) is 0. The van der Waals surface area contributed by atoms with E-state index in [4.69, 9.17) is 4.42 Å². The number of aromatic nitrogens is 2. The number of carbonyl (C=O) groups is 1. The molecule has 2 aromatic rings. The van der Waals surface area contributed by atoms with Crippen molar-refractivity contribution in [2.75, 3.05) is 7.11 Å².